The quantitative estimate of drug-likeness (QED) is 0.868. The first kappa shape index (κ1) is 14.7. The summed E-state index contributed by atoms with van der Waals surface area (Å²) in [7, 11) is 0. The van der Waals surface area contributed by atoms with Crippen LogP contribution in [0.15, 0.2) is 41.2 Å². The van der Waals surface area contributed by atoms with Crippen molar-refractivity contribution in [3.63, 3.8) is 0 Å². The molecule has 120 valence electrons. The van der Waals surface area contributed by atoms with E-state index in [1.165, 1.54) is 11.3 Å². The highest BCUT2D eigenvalue weighted by Gasteiger charge is 2.47. The van der Waals surface area contributed by atoms with Gasteiger partial charge in [0.15, 0.2) is 0 Å². The molecule has 2 aliphatic heterocycles. The molecule has 0 aliphatic carbocycles. The van der Waals surface area contributed by atoms with Crippen LogP contribution in [0.3, 0.4) is 0 Å². The van der Waals surface area contributed by atoms with Crippen molar-refractivity contribution in [1.29, 1.82) is 0 Å². The van der Waals surface area contributed by atoms with E-state index in [2.05, 4.69) is 4.98 Å². The number of fused-ring (bicyclic) bond motifs is 1. The first-order valence-electron chi connectivity index (χ1n) is 7.85. The number of hydrogen-bond donors (Lipinski definition) is 0. The molecule has 0 unspecified atom stereocenters. The molecule has 2 aromatic rings. The molecule has 0 bridgehead atoms. The molecule has 2 saturated heterocycles. The van der Waals surface area contributed by atoms with E-state index in [0.29, 0.717) is 12.4 Å². The molecule has 0 N–H and O–H groups in total. The van der Waals surface area contributed by atoms with E-state index in [4.69, 9.17) is 9.47 Å². The van der Waals surface area contributed by atoms with Gasteiger partial charge in [-0.25, -0.2) is 4.98 Å². The van der Waals surface area contributed by atoms with Crippen LogP contribution in [0.1, 0.15) is 23.2 Å². The fourth-order valence-electron chi connectivity index (χ4n) is 3.37. The number of ether oxygens (including phenoxy) is 2. The second-order valence-electron chi connectivity index (χ2n) is 5.84. The predicted octanol–water partition coefficient (Wildman–Crippen LogP) is 2.59. The van der Waals surface area contributed by atoms with Gasteiger partial charge in [0, 0.05) is 24.3 Å². The summed E-state index contributed by atoms with van der Waals surface area (Å²) in [6, 6.07) is 7.54. The van der Waals surface area contributed by atoms with Gasteiger partial charge in [-0.2, -0.15) is 11.3 Å². The zero-order chi connectivity index (χ0) is 15.6. The van der Waals surface area contributed by atoms with Gasteiger partial charge in [0.05, 0.1) is 18.2 Å². The van der Waals surface area contributed by atoms with E-state index >= 15 is 0 Å². The predicted molar refractivity (Wildman–Crippen MR) is 86.8 cm³/mol. The Morgan fingerprint density at radius 1 is 1.39 bits per heavy atom. The van der Waals surface area contributed by atoms with Crippen LogP contribution >= 0.6 is 11.3 Å². The van der Waals surface area contributed by atoms with E-state index in [9.17, 15) is 4.79 Å². The maximum Gasteiger partial charge on any atom is 0.255 e. The molecule has 5 nitrogen and oxygen atoms in total. The van der Waals surface area contributed by atoms with E-state index in [1.54, 1.807) is 6.20 Å². The highest BCUT2D eigenvalue weighted by atomic mass is 32.1. The molecule has 2 aliphatic rings. The Balaban J connectivity index is 1.56. The molecule has 6 heteroatoms. The third kappa shape index (κ3) is 2.84. The number of likely N-dealkylation sites (tertiary alicyclic amines) is 1. The zero-order valence-corrected chi connectivity index (χ0v) is 13.4. The van der Waals surface area contributed by atoms with Gasteiger partial charge in [-0.15, -0.1) is 0 Å². The maximum absolute atomic E-state index is 12.8. The lowest BCUT2D eigenvalue weighted by Crippen LogP contribution is -2.44. The first-order valence-corrected chi connectivity index (χ1v) is 8.79. The highest BCUT2D eigenvalue weighted by molar-refractivity contribution is 7.08. The van der Waals surface area contributed by atoms with Gasteiger partial charge in [0.1, 0.15) is 12.2 Å². The molecule has 0 radical (unpaired) electrons. The third-order valence-corrected chi connectivity index (χ3v) is 5.10. The minimum absolute atomic E-state index is 0.0684. The van der Waals surface area contributed by atoms with Crippen molar-refractivity contribution >= 4 is 17.2 Å². The molecule has 2 aromatic heterocycles. The number of nitrogens with zero attached hydrogens (tertiary/aromatic N) is 2. The van der Waals surface area contributed by atoms with Gasteiger partial charge in [-0.3, -0.25) is 4.79 Å². The van der Waals surface area contributed by atoms with Crippen molar-refractivity contribution in [3.8, 4) is 5.88 Å². The number of rotatable bonds is 3. The lowest BCUT2D eigenvalue weighted by Gasteiger charge is -2.31. The molecule has 3 atom stereocenters. The maximum atomic E-state index is 12.8. The summed E-state index contributed by atoms with van der Waals surface area (Å²) in [5.74, 6) is 0.647. The molecule has 0 aromatic carbocycles. The van der Waals surface area contributed by atoms with Gasteiger partial charge in [-0.05, 0) is 30.4 Å². The van der Waals surface area contributed by atoms with Crippen LogP contribution in [0, 0.1) is 0 Å². The van der Waals surface area contributed by atoms with Crippen molar-refractivity contribution in [2.24, 2.45) is 0 Å². The topological polar surface area (TPSA) is 51.7 Å². The number of carbonyl (C=O) groups excluding carboxylic acids is 1. The van der Waals surface area contributed by atoms with E-state index < -0.39 is 0 Å². The Labute approximate surface area is 138 Å². The monoisotopic (exact) mass is 330 g/mol. The summed E-state index contributed by atoms with van der Waals surface area (Å²) in [6.07, 6.45) is 3.40. The Kier molecular flexibility index (Phi) is 4.01. The number of carbonyl (C=O) groups is 1. The van der Waals surface area contributed by atoms with Crippen molar-refractivity contribution in [2.75, 3.05) is 13.2 Å². The normalized spacial score (nSPS) is 26.8. The molecular weight excluding hydrogens is 312 g/mol. The van der Waals surface area contributed by atoms with Crippen LogP contribution in [-0.4, -0.2) is 47.2 Å². The number of hydrogen-bond acceptors (Lipinski definition) is 5. The van der Waals surface area contributed by atoms with Crippen molar-refractivity contribution in [3.05, 3.63) is 46.8 Å². The van der Waals surface area contributed by atoms with Crippen molar-refractivity contribution < 1.29 is 14.3 Å². The second kappa shape index (κ2) is 6.29. The summed E-state index contributed by atoms with van der Waals surface area (Å²) >= 11 is 1.54. The molecule has 4 heterocycles. The average Bonchev–Trinajstić information content (AvgIpc) is 3.24. The molecular formula is C17H18N2O3S. The molecule has 0 spiro atoms. The fourth-order valence-corrected chi connectivity index (χ4v) is 4.00. The van der Waals surface area contributed by atoms with Gasteiger partial charge in [-0.1, -0.05) is 6.07 Å². The lowest BCUT2D eigenvalue weighted by atomic mass is 10.0. The minimum atomic E-state index is -0.169. The number of thiophene rings is 1. The Hall–Kier alpha value is -1.92. The molecule has 4 rings (SSSR count). The largest absolute Gasteiger partial charge is 0.470 e. The first-order chi connectivity index (χ1) is 11.3. The Morgan fingerprint density at radius 2 is 2.35 bits per heavy atom. The van der Waals surface area contributed by atoms with Crippen LogP contribution in [0.25, 0.3) is 0 Å². The van der Waals surface area contributed by atoms with E-state index in [-0.39, 0.29) is 24.2 Å². The van der Waals surface area contributed by atoms with Gasteiger partial charge in [0.2, 0.25) is 5.88 Å². The summed E-state index contributed by atoms with van der Waals surface area (Å²) in [5.41, 5.74) is 0.748. The van der Waals surface area contributed by atoms with Crippen LogP contribution in [-0.2, 0) is 4.74 Å². The SMILES string of the molecule is O=C(c1ccsc1)N1C[C@H](Oc2ccccn2)[C@H]2OCCC[C@H]21. The molecule has 0 saturated carbocycles. The minimum Gasteiger partial charge on any atom is -0.470 e. The van der Waals surface area contributed by atoms with Crippen molar-refractivity contribution in [2.45, 2.75) is 31.1 Å². The smallest absolute Gasteiger partial charge is 0.255 e. The summed E-state index contributed by atoms with van der Waals surface area (Å²) in [6.45, 7) is 1.27. The third-order valence-electron chi connectivity index (χ3n) is 4.42. The van der Waals surface area contributed by atoms with E-state index in [0.717, 1.165) is 25.0 Å². The van der Waals surface area contributed by atoms with Gasteiger partial charge in [0.25, 0.3) is 5.91 Å². The van der Waals surface area contributed by atoms with Crippen molar-refractivity contribution in [1.82, 2.24) is 9.88 Å². The van der Waals surface area contributed by atoms with E-state index in [1.807, 2.05) is 39.9 Å². The van der Waals surface area contributed by atoms with Gasteiger partial charge >= 0.3 is 0 Å². The molecule has 2 fully saturated rings. The zero-order valence-electron chi connectivity index (χ0n) is 12.6. The summed E-state index contributed by atoms with van der Waals surface area (Å²) in [4.78, 5) is 18.9. The summed E-state index contributed by atoms with van der Waals surface area (Å²) < 4.78 is 12.0. The highest BCUT2D eigenvalue weighted by Crippen LogP contribution is 2.32. The standard InChI is InChI=1S/C17H18N2O3S/c20-17(12-6-9-23-11-12)19-10-14(16-13(19)4-3-8-21-16)22-15-5-1-2-7-18-15/h1-2,5-7,9,11,13-14,16H,3-4,8,10H2/t13-,14+,16+/m1/s1. The second-order valence-corrected chi connectivity index (χ2v) is 6.62. The Bertz CT molecular complexity index is 662. The lowest BCUT2D eigenvalue weighted by molar-refractivity contribution is -0.0455. The molecule has 1 amide bonds. The number of amides is 1. The average molecular weight is 330 g/mol. The van der Waals surface area contributed by atoms with Crippen LogP contribution in [0.2, 0.25) is 0 Å². The fraction of sp³-hybridized carbons (Fsp3) is 0.412. The van der Waals surface area contributed by atoms with Gasteiger partial charge < -0.3 is 14.4 Å². The Morgan fingerprint density at radius 3 is 3.13 bits per heavy atom. The van der Waals surface area contributed by atoms with Crippen LogP contribution < -0.4 is 4.74 Å². The summed E-state index contributed by atoms with van der Waals surface area (Å²) in [5, 5.41) is 3.83. The van der Waals surface area contributed by atoms with Crippen LogP contribution in [0.4, 0.5) is 0 Å². The van der Waals surface area contributed by atoms with Crippen LogP contribution in [0.5, 0.6) is 5.88 Å². The number of pyridine rings is 1. The number of aromatic nitrogens is 1. The molecule has 23 heavy (non-hydrogen) atoms.